The third-order valence-electron chi connectivity index (χ3n) is 6.71. The van der Waals surface area contributed by atoms with E-state index in [2.05, 4.69) is 5.32 Å². The Bertz CT molecular complexity index is 1460. The summed E-state index contributed by atoms with van der Waals surface area (Å²) in [5.41, 5.74) is 3.10. The molecule has 41 heavy (non-hydrogen) atoms. The van der Waals surface area contributed by atoms with Gasteiger partial charge in [-0.05, 0) is 47.0 Å². The Morgan fingerprint density at radius 1 is 0.756 bits per heavy atom. The Labute approximate surface area is 245 Å². The van der Waals surface area contributed by atoms with Crippen molar-refractivity contribution in [2.75, 3.05) is 21.3 Å². The number of carbonyl (C=O) groups is 2. The van der Waals surface area contributed by atoms with Gasteiger partial charge in [-0.1, -0.05) is 78.3 Å². The fraction of sp³-hybridized carbons (Fsp3) is 0.212. The minimum atomic E-state index is -0.894. The van der Waals surface area contributed by atoms with Crippen molar-refractivity contribution in [2.24, 2.45) is 0 Å². The standard InChI is InChI=1S/C33H33ClN2O5/c1-39-28-12-8-7-11-26(28)21-35-33(38)32(25-9-5-4-6-10-25)36(22-23-13-16-27(34)17-14-23)31(37)20-24-15-18-29(40-2)30(19-24)41-3/h4-19,32H,20-22H2,1-3H3,(H,35,38). The van der Waals surface area contributed by atoms with E-state index in [1.54, 1.807) is 50.5 Å². The third kappa shape index (κ3) is 7.58. The van der Waals surface area contributed by atoms with Crippen LogP contribution in [-0.2, 0) is 29.1 Å². The van der Waals surface area contributed by atoms with Crippen LogP contribution < -0.4 is 19.5 Å². The minimum Gasteiger partial charge on any atom is -0.496 e. The number of methoxy groups -OCH3 is 3. The lowest BCUT2D eigenvalue weighted by molar-refractivity contribution is -0.141. The number of amides is 2. The first kappa shape index (κ1) is 29.5. The highest BCUT2D eigenvalue weighted by molar-refractivity contribution is 6.30. The molecular weight excluding hydrogens is 540 g/mol. The van der Waals surface area contributed by atoms with Gasteiger partial charge in [0, 0.05) is 23.7 Å². The SMILES string of the molecule is COc1ccccc1CNC(=O)C(c1ccccc1)N(Cc1ccc(Cl)cc1)C(=O)Cc1ccc(OC)c(OC)c1. The van der Waals surface area contributed by atoms with E-state index in [4.69, 9.17) is 25.8 Å². The molecule has 0 aliphatic carbocycles. The molecule has 0 aliphatic heterocycles. The van der Waals surface area contributed by atoms with Crippen molar-refractivity contribution in [3.63, 3.8) is 0 Å². The van der Waals surface area contributed by atoms with E-state index in [9.17, 15) is 9.59 Å². The van der Waals surface area contributed by atoms with E-state index < -0.39 is 6.04 Å². The summed E-state index contributed by atoms with van der Waals surface area (Å²) in [6, 6.07) is 28.5. The number of ether oxygens (including phenoxy) is 3. The number of carbonyl (C=O) groups excluding carboxylic acids is 2. The molecule has 4 aromatic carbocycles. The molecule has 0 fully saturated rings. The van der Waals surface area contributed by atoms with Gasteiger partial charge < -0.3 is 24.4 Å². The van der Waals surface area contributed by atoms with Crippen LogP contribution in [-0.4, -0.2) is 38.0 Å². The van der Waals surface area contributed by atoms with Crippen molar-refractivity contribution in [1.29, 1.82) is 0 Å². The second-order valence-corrected chi connectivity index (χ2v) is 9.79. The zero-order chi connectivity index (χ0) is 29.2. The monoisotopic (exact) mass is 572 g/mol. The number of benzene rings is 4. The van der Waals surface area contributed by atoms with Crippen LogP contribution in [0, 0.1) is 0 Å². The van der Waals surface area contributed by atoms with E-state index in [-0.39, 0.29) is 31.3 Å². The summed E-state index contributed by atoms with van der Waals surface area (Å²) in [6.07, 6.45) is 0.0526. The average Bonchev–Trinajstić information content (AvgIpc) is 3.01. The second-order valence-electron chi connectivity index (χ2n) is 9.36. The van der Waals surface area contributed by atoms with Crippen molar-refractivity contribution in [1.82, 2.24) is 10.2 Å². The van der Waals surface area contributed by atoms with Crippen LogP contribution in [0.2, 0.25) is 5.02 Å². The van der Waals surface area contributed by atoms with Crippen molar-refractivity contribution in [3.8, 4) is 17.2 Å². The summed E-state index contributed by atoms with van der Waals surface area (Å²) in [5.74, 6) is 1.23. The van der Waals surface area contributed by atoms with Gasteiger partial charge in [-0.25, -0.2) is 0 Å². The molecule has 1 unspecified atom stereocenters. The fourth-order valence-corrected chi connectivity index (χ4v) is 4.74. The quantitative estimate of drug-likeness (QED) is 0.225. The molecule has 8 heteroatoms. The molecule has 1 atom stereocenters. The van der Waals surface area contributed by atoms with Crippen LogP contribution in [0.5, 0.6) is 17.2 Å². The smallest absolute Gasteiger partial charge is 0.247 e. The van der Waals surface area contributed by atoms with E-state index in [0.29, 0.717) is 27.8 Å². The maximum Gasteiger partial charge on any atom is 0.247 e. The molecule has 1 N–H and O–H groups in total. The molecule has 212 valence electrons. The van der Waals surface area contributed by atoms with Gasteiger partial charge in [-0.2, -0.15) is 0 Å². The maximum atomic E-state index is 14.1. The van der Waals surface area contributed by atoms with Crippen LogP contribution in [0.4, 0.5) is 0 Å². The van der Waals surface area contributed by atoms with Crippen LogP contribution in [0.15, 0.2) is 97.1 Å². The molecule has 4 rings (SSSR count). The molecule has 0 heterocycles. The zero-order valence-electron chi connectivity index (χ0n) is 23.3. The van der Waals surface area contributed by atoms with Gasteiger partial charge in [-0.3, -0.25) is 9.59 Å². The number of hydrogen-bond acceptors (Lipinski definition) is 5. The highest BCUT2D eigenvalue weighted by Gasteiger charge is 2.31. The lowest BCUT2D eigenvalue weighted by atomic mass is 10.0. The number of nitrogens with zero attached hydrogens (tertiary/aromatic N) is 1. The predicted molar refractivity (Wildman–Crippen MR) is 159 cm³/mol. The number of para-hydroxylation sites is 1. The highest BCUT2D eigenvalue weighted by Crippen LogP contribution is 2.30. The maximum absolute atomic E-state index is 14.1. The predicted octanol–water partition coefficient (Wildman–Crippen LogP) is 5.99. The van der Waals surface area contributed by atoms with E-state index in [1.165, 1.54) is 0 Å². The van der Waals surface area contributed by atoms with E-state index in [1.807, 2.05) is 72.8 Å². The summed E-state index contributed by atoms with van der Waals surface area (Å²) in [4.78, 5) is 29.6. The van der Waals surface area contributed by atoms with Crippen molar-refractivity contribution in [3.05, 3.63) is 124 Å². The Balaban J connectivity index is 1.69. The summed E-state index contributed by atoms with van der Waals surface area (Å²) in [7, 11) is 4.70. The van der Waals surface area contributed by atoms with Crippen LogP contribution in [0.25, 0.3) is 0 Å². The zero-order valence-corrected chi connectivity index (χ0v) is 24.1. The molecule has 0 saturated carbocycles. The lowest BCUT2D eigenvalue weighted by Crippen LogP contribution is -2.43. The summed E-state index contributed by atoms with van der Waals surface area (Å²) in [6.45, 7) is 0.440. The molecular formula is C33H33ClN2O5. The lowest BCUT2D eigenvalue weighted by Gasteiger charge is -2.32. The van der Waals surface area contributed by atoms with Gasteiger partial charge in [-0.15, -0.1) is 0 Å². The Kier molecular flexibility index (Phi) is 10.2. The van der Waals surface area contributed by atoms with Gasteiger partial charge in [0.2, 0.25) is 11.8 Å². The van der Waals surface area contributed by atoms with Crippen molar-refractivity contribution < 1.29 is 23.8 Å². The summed E-state index contributed by atoms with van der Waals surface area (Å²) >= 11 is 6.13. The minimum absolute atomic E-state index is 0.0526. The first-order valence-corrected chi connectivity index (χ1v) is 13.5. The normalized spacial score (nSPS) is 11.3. The molecule has 2 amide bonds. The molecule has 0 spiro atoms. The van der Waals surface area contributed by atoms with Gasteiger partial charge >= 0.3 is 0 Å². The summed E-state index contributed by atoms with van der Waals surface area (Å²) < 4.78 is 16.2. The molecule has 0 bridgehead atoms. The average molecular weight is 573 g/mol. The van der Waals surface area contributed by atoms with E-state index >= 15 is 0 Å². The molecule has 0 saturated heterocycles. The topological polar surface area (TPSA) is 77.1 Å². The molecule has 7 nitrogen and oxygen atoms in total. The Morgan fingerprint density at radius 2 is 1.39 bits per heavy atom. The fourth-order valence-electron chi connectivity index (χ4n) is 4.61. The van der Waals surface area contributed by atoms with Crippen molar-refractivity contribution >= 4 is 23.4 Å². The van der Waals surface area contributed by atoms with Gasteiger partial charge in [0.25, 0.3) is 0 Å². The largest absolute Gasteiger partial charge is 0.496 e. The molecule has 0 aromatic heterocycles. The van der Waals surface area contributed by atoms with Gasteiger partial charge in [0.1, 0.15) is 11.8 Å². The number of halogens is 1. The third-order valence-corrected chi connectivity index (χ3v) is 6.96. The van der Waals surface area contributed by atoms with E-state index in [0.717, 1.165) is 16.7 Å². The first-order chi connectivity index (χ1) is 19.9. The van der Waals surface area contributed by atoms with Gasteiger partial charge in [0.15, 0.2) is 11.5 Å². The summed E-state index contributed by atoms with van der Waals surface area (Å²) in [5, 5.41) is 3.62. The van der Waals surface area contributed by atoms with Crippen molar-refractivity contribution in [2.45, 2.75) is 25.6 Å². The van der Waals surface area contributed by atoms with Gasteiger partial charge in [0.05, 0.1) is 27.8 Å². The second kappa shape index (κ2) is 14.2. The number of hydrogen-bond donors (Lipinski definition) is 1. The van der Waals surface area contributed by atoms with Crippen LogP contribution in [0.3, 0.4) is 0 Å². The van der Waals surface area contributed by atoms with Crippen LogP contribution in [0.1, 0.15) is 28.3 Å². The van der Waals surface area contributed by atoms with Crippen LogP contribution >= 0.6 is 11.6 Å². The Hall–Kier alpha value is -4.49. The number of rotatable bonds is 12. The first-order valence-electron chi connectivity index (χ1n) is 13.1. The molecule has 4 aromatic rings. The molecule has 0 radical (unpaired) electrons. The Morgan fingerprint density at radius 3 is 2.07 bits per heavy atom. The highest BCUT2D eigenvalue weighted by atomic mass is 35.5. The number of nitrogens with one attached hydrogen (secondary N) is 1. The molecule has 0 aliphatic rings.